The van der Waals surface area contributed by atoms with E-state index in [0.717, 1.165) is 17.9 Å². The molecule has 1 aliphatic heterocycles. The first-order valence-electron chi connectivity index (χ1n) is 6.81. The molecule has 0 bridgehead atoms. The molecule has 0 aromatic heterocycles. The van der Waals surface area contributed by atoms with Gasteiger partial charge in [-0.05, 0) is 37.6 Å². The number of carboxylic acid groups (broad SMARTS) is 1. The maximum absolute atomic E-state index is 11.8. The second-order valence-electron chi connectivity index (χ2n) is 5.07. The van der Waals surface area contributed by atoms with E-state index in [2.05, 4.69) is 0 Å². The molecule has 1 saturated heterocycles. The highest BCUT2D eigenvalue weighted by Gasteiger charge is 2.34. The lowest BCUT2D eigenvalue weighted by Crippen LogP contribution is -2.25. The Bertz CT molecular complexity index is 497. The number of rotatable bonds is 5. The molecule has 0 spiro atoms. The molecule has 0 saturated carbocycles. The van der Waals surface area contributed by atoms with Gasteiger partial charge in [0, 0.05) is 18.7 Å². The molecule has 2 atom stereocenters. The van der Waals surface area contributed by atoms with Crippen LogP contribution in [0.5, 0.6) is 5.75 Å². The van der Waals surface area contributed by atoms with E-state index < -0.39 is 11.9 Å². The third kappa shape index (κ3) is 3.10. The van der Waals surface area contributed by atoms with Crippen molar-refractivity contribution >= 4 is 17.6 Å². The Hall–Kier alpha value is -2.04. The van der Waals surface area contributed by atoms with Crippen molar-refractivity contribution in [2.45, 2.75) is 32.8 Å². The molecule has 5 heteroatoms. The normalized spacial score (nSPS) is 20.0. The van der Waals surface area contributed by atoms with Gasteiger partial charge in [0.15, 0.2) is 0 Å². The smallest absolute Gasteiger partial charge is 0.308 e. The van der Waals surface area contributed by atoms with Crippen LogP contribution in [0.4, 0.5) is 5.69 Å². The number of amides is 1. The third-order valence-corrected chi connectivity index (χ3v) is 3.53. The number of hydrogen-bond donors (Lipinski definition) is 1. The summed E-state index contributed by atoms with van der Waals surface area (Å²) >= 11 is 0. The van der Waals surface area contributed by atoms with E-state index in [0.29, 0.717) is 0 Å². The molecular weight excluding hydrogens is 258 g/mol. The van der Waals surface area contributed by atoms with Gasteiger partial charge in [-0.1, -0.05) is 6.92 Å². The van der Waals surface area contributed by atoms with Gasteiger partial charge in [-0.2, -0.15) is 0 Å². The lowest BCUT2D eigenvalue weighted by atomic mass is 10.1. The fourth-order valence-corrected chi connectivity index (χ4v) is 2.14. The maximum Gasteiger partial charge on any atom is 0.308 e. The number of benzene rings is 1. The van der Waals surface area contributed by atoms with Crippen LogP contribution >= 0.6 is 0 Å². The average Bonchev–Trinajstić information content (AvgIpc) is 2.82. The predicted octanol–water partition coefficient (Wildman–Crippen LogP) is 2.30. The van der Waals surface area contributed by atoms with Crippen LogP contribution in [0.15, 0.2) is 24.3 Å². The predicted molar refractivity (Wildman–Crippen MR) is 74.9 cm³/mol. The van der Waals surface area contributed by atoms with Crippen molar-refractivity contribution in [1.29, 1.82) is 0 Å². The number of carbonyl (C=O) groups excluding carboxylic acids is 1. The molecule has 2 rings (SSSR count). The Morgan fingerprint density at radius 1 is 1.45 bits per heavy atom. The quantitative estimate of drug-likeness (QED) is 0.896. The molecule has 1 heterocycles. The summed E-state index contributed by atoms with van der Waals surface area (Å²) in [4.78, 5) is 24.3. The number of nitrogens with zero attached hydrogens (tertiary/aromatic N) is 1. The van der Waals surface area contributed by atoms with Gasteiger partial charge in [-0.25, -0.2) is 0 Å². The SMILES string of the molecule is CCC(C)Oc1ccc(N2CC(C(=O)O)CC2=O)cc1. The molecule has 2 unspecified atom stereocenters. The standard InChI is InChI=1S/C15H19NO4/c1-3-10(2)20-13-6-4-12(5-7-13)16-9-11(15(18)19)8-14(16)17/h4-7,10-11H,3,8-9H2,1-2H3,(H,18,19). The van der Waals surface area contributed by atoms with Gasteiger partial charge in [0.05, 0.1) is 12.0 Å². The first kappa shape index (κ1) is 14.4. The molecular formula is C15H19NO4. The fraction of sp³-hybridized carbons (Fsp3) is 0.467. The van der Waals surface area contributed by atoms with E-state index in [1.165, 1.54) is 4.90 Å². The molecule has 0 aliphatic carbocycles. The minimum atomic E-state index is -0.919. The Balaban J connectivity index is 2.07. The minimum absolute atomic E-state index is 0.0699. The van der Waals surface area contributed by atoms with Gasteiger partial charge >= 0.3 is 5.97 Å². The van der Waals surface area contributed by atoms with E-state index in [1.807, 2.05) is 26.0 Å². The molecule has 1 amide bonds. The number of anilines is 1. The highest BCUT2D eigenvalue weighted by Crippen LogP contribution is 2.27. The van der Waals surface area contributed by atoms with Crippen molar-refractivity contribution in [3.63, 3.8) is 0 Å². The number of ether oxygens (including phenoxy) is 1. The number of aliphatic carboxylic acids is 1. The van der Waals surface area contributed by atoms with Gasteiger partial charge in [0.2, 0.25) is 5.91 Å². The highest BCUT2D eigenvalue weighted by molar-refractivity contribution is 5.99. The summed E-state index contributed by atoms with van der Waals surface area (Å²) in [5.41, 5.74) is 0.718. The first-order valence-corrected chi connectivity index (χ1v) is 6.81. The van der Waals surface area contributed by atoms with Crippen LogP contribution in [-0.2, 0) is 9.59 Å². The van der Waals surface area contributed by atoms with Gasteiger partial charge in [-0.3, -0.25) is 9.59 Å². The van der Waals surface area contributed by atoms with Crippen LogP contribution in [0, 0.1) is 5.92 Å². The van der Waals surface area contributed by atoms with Crippen LogP contribution in [0.1, 0.15) is 26.7 Å². The van der Waals surface area contributed by atoms with Crippen molar-refractivity contribution in [2.24, 2.45) is 5.92 Å². The summed E-state index contributed by atoms with van der Waals surface area (Å²) in [5.74, 6) is -0.923. The van der Waals surface area contributed by atoms with E-state index >= 15 is 0 Å². The van der Waals surface area contributed by atoms with Crippen LogP contribution in [0.2, 0.25) is 0 Å². The van der Waals surface area contributed by atoms with Crippen LogP contribution < -0.4 is 9.64 Å². The number of carbonyl (C=O) groups is 2. The number of carboxylic acids is 1. The van der Waals surface area contributed by atoms with E-state index in [1.54, 1.807) is 12.1 Å². The maximum atomic E-state index is 11.8. The second kappa shape index (κ2) is 5.94. The van der Waals surface area contributed by atoms with Gasteiger partial charge < -0.3 is 14.7 Å². The van der Waals surface area contributed by atoms with E-state index in [9.17, 15) is 9.59 Å². The van der Waals surface area contributed by atoms with Crippen molar-refractivity contribution in [3.8, 4) is 5.75 Å². The average molecular weight is 277 g/mol. The molecule has 0 radical (unpaired) electrons. The third-order valence-electron chi connectivity index (χ3n) is 3.53. The largest absolute Gasteiger partial charge is 0.491 e. The Morgan fingerprint density at radius 2 is 2.10 bits per heavy atom. The summed E-state index contributed by atoms with van der Waals surface area (Å²) in [6.07, 6.45) is 1.14. The number of hydrogen-bond acceptors (Lipinski definition) is 3. The van der Waals surface area contributed by atoms with Crippen LogP contribution in [-0.4, -0.2) is 29.6 Å². The molecule has 1 aromatic carbocycles. The van der Waals surface area contributed by atoms with E-state index in [-0.39, 0.29) is 25.0 Å². The van der Waals surface area contributed by atoms with Gasteiger partial charge in [-0.15, -0.1) is 0 Å². The van der Waals surface area contributed by atoms with Crippen LogP contribution in [0.3, 0.4) is 0 Å². The molecule has 1 aromatic rings. The molecule has 1 aliphatic rings. The molecule has 5 nitrogen and oxygen atoms in total. The van der Waals surface area contributed by atoms with Crippen molar-refractivity contribution < 1.29 is 19.4 Å². The second-order valence-corrected chi connectivity index (χ2v) is 5.07. The van der Waals surface area contributed by atoms with Crippen LogP contribution in [0.25, 0.3) is 0 Å². The summed E-state index contributed by atoms with van der Waals surface area (Å²) in [5, 5.41) is 8.97. The Morgan fingerprint density at radius 3 is 2.60 bits per heavy atom. The molecule has 20 heavy (non-hydrogen) atoms. The molecule has 1 N–H and O–H groups in total. The molecule has 108 valence electrons. The van der Waals surface area contributed by atoms with Gasteiger partial charge in [0.1, 0.15) is 5.75 Å². The Kier molecular flexibility index (Phi) is 4.27. The summed E-state index contributed by atoms with van der Waals surface area (Å²) < 4.78 is 5.67. The highest BCUT2D eigenvalue weighted by atomic mass is 16.5. The summed E-state index contributed by atoms with van der Waals surface area (Å²) in [6.45, 7) is 4.28. The lowest BCUT2D eigenvalue weighted by Gasteiger charge is -2.17. The van der Waals surface area contributed by atoms with Gasteiger partial charge in [0.25, 0.3) is 0 Å². The van der Waals surface area contributed by atoms with Crippen molar-refractivity contribution in [2.75, 3.05) is 11.4 Å². The molecule has 1 fully saturated rings. The topological polar surface area (TPSA) is 66.8 Å². The zero-order chi connectivity index (χ0) is 14.7. The van der Waals surface area contributed by atoms with Crippen molar-refractivity contribution in [3.05, 3.63) is 24.3 Å². The Labute approximate surface area is 118 Å². The fourth-order valence-electron chi connectivity index (χ4n) is 2.14. The first-order chi connectivity index (χ1) is 9.51. The zero-order valence-electron chi connectivity index (χ0n) is 11.7. The summed E-state index contributed by atoms with van der Waals surface area (Å²) in [6, 6.07) is 7.20. The lowest BCUT2D eigenvalue weighted by molar-refractivity contribution is -0.141. The monoisotopic (exact) mass is 277 g/mol. The van der Waals surface area contributed by atoms with Crippen molar-refractivity contribution in [1.82, 2.24) is 0 Å². The van der Waals surface area contributed by atoms with E-state index in [4.69, 9.17) is 9.84 Å². The summed E-state index contributed by atoms with van der Waals surface area (Å²) in [7, 11) is 0. The minimum Gasteiger partial charge on any atom is -0.491 e. The zero-order valence-corrected chi connectivity index (χ0v) is 11.7.